The molecule has 1 amide bonds. The molecule has 2 aliphatic rings. The quantitative estimate of drug-likeness (QED) is 0.747. The Morgan fingerprint density at radius 3 is 2.19 bits per heavy atom. The number of carboxylic acid groups (broad SMARTS) is 1. The van der Waals surface area contributed by atoms with Gasteiger partial charge in [-0.1, -0.05) is 0 Å². The first kappa shape index (κ1) is 11.7. The standard InChI is InChI=1S/C9H16N2O4S/c12-9(13)10-7-3-5-11(6-4-7)16(14,15)8-1-2-8/h7-8,10H,1-6H2,(H,12,13). The summed E-state index contributed by atoms with van der Waals surface area (Å²) in [6, 6.07) is -0.108. The van der Waals surface area contributed by atoms with E-state index in [1.807, 2.05) is 0 Å². The van der Waals surface area contributed by atoms with Crippen LogP contribution in [0, 0.1) is 0 Å². The van der Waals surface area contributed by atoms with Crippen molar-refractivity contribution in [1.82, 2.24) is 9.62 Å². The highest BCUT2D eigenvalue weighted by Crippen LogP contribution is 2.32. The molecule has 0 radical (unpaired) electrons. The predicted octanol–water partition coefficient (Wildman–Crippen LogP) is 0.211. The van der Waals surface area contributed by atoms with Gasteiger partial charge >= 0.3 is 6.09 Å². The third kappa shape index (κ3) is 2.46. The number of nitrogens with zero attached hydrogens (tertiary/aromatic N) is 1. The lowest BCUT2D eigenvalue weighted by atomic mass is 10.1. The van der Waals surface area contributed by atoms with Gasteiger partial charge in [-0.2, -0.15) is 0 Å². The normalized spacial score (nSPS) is 24.2. The maximum atomic E-state index is 11.9. The zero-order valence-corrected chi connectivity index (χ0v) is 9.74. The van der Waals surface area contributed by atoms with Crippen molar-refractivity contribution < 1.29 is 18.3 Å². The van der Waals surface area contributed by atoms with Crippen LogP contribution in [0.5, 0.6) is 0 Å². The van der Waals surface area contributed by atoms with E-state index in [2.05, 4.69) is 5.32 Å². The number of rotatable bonds is 3. The van der Waals surface area contributed by atoms with Crippen LogP contribution in [0.25, 0.3) is 0 Å². The van der Waals surface area contributed by atoms with Gasteiger partial charge in [0, 0.05) is 19.1 Å². The number of amides is 1. The second-order valence-corrected chi connectivity index (χ2v) is 6.58. The maximum absolute atomic E-state index is 11.9. The minimum atomic E-state index is -3.08. The van der Waals surface area contributed by atoms with Crippen LogP contribution in [0.4, 0.5) is 4.79 Å². The number of carbonyl (C=O) groups is 1. The average Bonchev–Trinajstić information content (AvgIpc) is 3.00. The average molecular weight is 248 g/mol. The molecule has 1 heterocycles. The molecule has 1 aliphatic heterocycles. The number of nitrogens with one attached hydrogen (secondary N) is 1. The molecular formula is C9H16N2O4S. The van der Waals surface area contributed by atoms with E-state index in [-0.39, 0.29) is 11.3 Å². The molecule has 1 saturated carbocycles. The molecule has 0 atom stereocenters. The van der Waals surface area contributed by atoms with E-state index in [4.69, 9.17) is 5.11 Å². The highest BCUT2D eigenvalue weighted by molar-refractivity contribution is 7.90. The van der Waals surface area contributed by atoms with Gasteiger partial charge in [-0.15, -0.1) is 0 Å². The molecule has 0 aromatic heterocycles. The second kappa shape index (κ2) is 4.21. The van der Waals surface area contributed by atoms with Crippen LogP contribution >= 0.6 is 0 Å². The summed E-state index contributed by atoms with van der Waals surface area (Å²) in [5, 5.41) is 10.8. The van der Waals surface area contributed by atoms with Gasteiger partial charge < -0.3 is 10.4 Å². The summed E-state index contributed by atoms with van der Waals surface area (Å²) in [5.41, 5.74) is 0. The van der Waals surface area contributed by atoms with Crippen LogP contribution in [0.2, 0.25) is 0 Å². The Balaban J connectivity index is 1.87. The SMILES string of the molecule is O=C(O)NC1CCN(S(=O)(=O)C2CC2)CC1. The molecule has 6 nitrogen and oxygen atoms in total. The summed E-state index contributed by atoms with van der Waals surface area (Å²) in [5.74, 6) is 0. The summed E-state index contributed by atoms with van der Waals surface area (Å²) in [4.78, 5) is 10.4. The Bertz CT molecular complexity index is 369. The molecule has 92 valence electrons. The lowest BCUT2D eigenvalue weighted by molar-refractivity contribution is 0.183. The van der Waals surface area contributed by atoms with Crippen LogP contribution in [0.3, 0.4) is 0 Å². The van der Waals surface area contributed by atoms with E-state index in [9.17, 15) is 13.2 Å². The maximum Gasteiger partial charge on any atom is 0.404 e. The molecule has 7 heteroatoms. The van der Waals surface area contributed by atoms with Crippen molar-refractivity contribution in [2.75, 3.05) is 13.1 Å². The Morgan fingerprint density at radius 2 is 1.75 bits per heavy atom. The monoisotopic (exact) mass is 248 g/mol. The molecule has 16 heavy (non-hydrogen) atoms. The molecule has 0 aromatic rings. The predicted molar refractivity (Wildman–Crippen MR) is 57.7 cm³/mol. The first-order valence-corrected chi connectivity index (χ1v) is 6.99. The van der Waals surface area contributed by atoms with Gasteiger partial charge in [0.2, 0.25) is 10.0 Å². The number of hydrogen-bond donors (Lipinski definition) is 2. The fourth-order valence-electron chi connectivity index (χ4n) is 2.01. The van der Waals surface area contributed by atoms with E-state index in [0.29, 0.717) is 25.9 Å². The molecule has 2 N–H and O–H groups in total. The van der Waals surface area contributed by atoms with E-state index < -0.39 is 16.1 Å². The van der Waals surface area contributed by atoms with Gasteiger partial charge in [0.1, 0.15) is 0 Å². The topological polar surface area (TPSA) is 86.7 Å². The Kier molecular flexibility index (Phi) is 3.07. The van der Waals surface area contributed by atoms with E-state index in [1.54, 1.807) is 0 Å². The molecule has 2 rings (SSSR count). The fourth-order valence-corrected chi connectivity index (χ4v) is 3.88. The van der Waals surface area contributed by atoms with Crippen molar-refractivity contribution in [2.45, 2.75) is 37.0 Å². The Labute approximate surface area is 94.7 Å². The minimum absolute atomic E-state index is 0.108. The zero-order chi connectivity index (χ0) is 11.8. The Hall–Kier alpha value is -0.820. The summed E-state index contributed by atoms with van der Waals surface area (Å²) in [6.07, 6.45) is 1.64. The summed E-state index contributed by atoms with van der Waals surface area (Å²) in [7, 11) is -3.08. The van der Waals surface area contributed by atoms with Gasteiger partial charge in [-0.25, -0.2) is 17.5 Å². The third-order valence-corrected chi connectivity index (χ3v) is 5.49. The van der Waals surface area contributed by atoms with Gasteiger partial charge in [-0.05, 0) is 25.7 Å². The van der Waals surface area contributed by atoms with Gasteiger partial charge in [0.25, 0.3) is 0 Å². The molecule has 2 fully saturated rings. The summed E-state index contributed by atoms with van der Waals surface area (Å²) >= 11 is 0. The smallest absolute Gasteiger partial charge is 0.404 e. The molecule has 1 aliphatic carbocycles. The van der Waals surface area contributed by atoms with Crippen LogP contribution < -0.4 is 5.32 Å². The second-order valence-electron chi connectivity index (χ2n) is 4.37. The van der Waals surface area contributed by atoms with Gasteiger partial charge in [-0.3, -0.25) is 0 Å². The molecule has 0 unspecified atom stereocenters. The number of hydrogen-bond acceptors (Lipinski definition) is 3. The molecule has 1 saturated heterocycles. The molecule has 0 spiro atoms. The van der Waals surface area contributed by atoms with Crippen LogP contribution in [-0.4, -0.2) is 48.3 Å². The summed E-state index contributed by atoms with van der Waals surface area (Å²) in [6.45, 7) is 0.869. The molecule has 0 aromatic carbocycles. The van der Waals surface area contributed by atoms with Crippen molar-refractivity contribution in [3.05, 3.63) is 0 Å². The van der Waals surface area contributed by atoms with Crippen LogP contribution in [0.15, 0.2) is 0 Å². The van der Waals surface area contributed by atoms with E-state index >= 15 is 0 Å². The van der Waals surface area contributed by atoms with Crippen molar-refractivity contribution >= 4 is 16.1 Å². The lowest BCUT2D eigenvalue weighted by Gasteiger charge is -2.31. The Morgan fingerprint density at radius 1 is 1.19 bits per heavy atom. The summed E-state index contributed by atoms with van der Waals surface area (Å²) < 4.78 is 25.2. The van der Waals surface area contributed by atoms with Crippen molar-refractivity contribution in [3.63, 3.8) is 0 Å². The van der Waals surface area contributed by atoms with Crippen molar-refractivity contribution in [1.29, 1.82) is 0 Å². The number of piperidine rings is 1. The third-order valence-electron chi connectivity index (χ3n) is 3.09. The van der Waals surface area contributed by atoms with Crippen molar-refractivity contribution in [2.24, 2.45) is 0 Å². The highest BCUT2D eigenvalue weighted by Gasteiger charge is 2.41. The zero-order valence-electron chi connectivity index (χ0n) is 8.92. The van der Waals surface area contributed by atoms with E-state index in [0.717, 1.165) is 12.8 Å². The number of sulfonamides is 1. The fraction of sp³-hybridized carbons (Fsp3) is 0.889. The lowest BCUT2D eigenvalue weighted by Crippen LogP contribution is -2.47. The van der Waals surface area contributed by atoms with Crippen molar-refractivity contribution in [3.8, 4) is 0 Å². The van der Waals surface area contributed by atoms with Crippen LogP contribution in [-0.2, 0) is 10.0 Å². The van der Waals surface area contributed by atoms with Crippen LogP contribution in [0.1, 0.15) is 25.7 Å². The largest absolute Gasteiger partial charge is 0.465 e. The first-order chi connectivity index (χ1) is 7.50. The van der Waals surface area contributed by atoms with Gasteiger partial charge in [0.15, 0.2) is 0 Å². The molecule has 0 bridgehead atoms. The highest BCUT2D eigenvalue weighted by atomic mass is 32.2. The van der Waals surface area contributed by atoms with E-state index in [1.165, 1.54) is 4.31 Å². The minimum Gasteiger partial charge on any atom is -0.465 e. The van der Waals surface area contributed by atoms with Gasteiger partial charge in [0.05, 0.1) is 5.25 Å². The molecular weight excluding hydrogens is 232 g/mol. The first-order valence-electron chi connectivity index (χ1n) is 5.48.